The van der Waals surface area contributed by atoms with Gasteiger partial charge in [-0.25, -0.2) is 0 Å². The maximum atomic E-state index is 12.4. The molecule has 0 bridgehead atoms. The van der Waals surface area contributed by atoms with Crippen molar-refractivity contribution < 1.29 is 4.79 Å². The van der Waals surface area contributed by atoms with Gasteiger partial charge < -0.3 is 5.32 Å². The highest BCUT2D eigenvalue weighted by Gasteiger charge is 2.26. The fourth-order valence-corrected chi connectivity index (χ4v) is 2.83. The van der Waals surface area contributed by atoms with Crippen LogP contribution in [0, 0.1) is 0 Å². The Bertz CT molecular complexity index is 624. The summed E-state index contributed by atoms with van der Waals surface area (Å²) in [6, 6.07) is 15.5. The Kier molecular flexibility index (Phi) is 3.26. The van der Waals surface area contributed by atoms with Crippen LogP contribution in [0.5, 0.6) is 0 Å². The predicted molar refractivity (Wildman–Crippen MR) is 77.6 cm³/mol. The molecule has 0 unspecified atom stereocenters. The molecule has 19 heavy (non-hydrogen) atoms. The summed E-state index contributed by atoms with van der Waals surface area (Å²) in [6.45, 7) is 0. The summed E-state index contributed by atoms with van der Waals surface area (Å²) in [6.07, 6.45) is 1.66. The molecule has 1 amide bonds. The molecule has 96 valence electrons. The fourth-order valence-electron chi connectivity index (χ4n) is 2.57. The van der Waals surface area contributed by atoms with Crippen molar-refractivity contribution in [2.24, 2.45) is 0 Å². The standard InChI is InChI=1S/C16H14ClNO/c17-14-7-3-2-6-12(14)13-10-9-11-5-1-4-8-15(11)18-16(13)19/h1-8,13H,9-10H2,(H,18,19)/t13-/m1/s1. The van der Waals surface area contributed by atoms with Crippen molar-refractivity contribution in [2.45, 2.75) is 18.8 Å². The van der Waals surface area contributed by atoms with Crippen molar-refractivity contribution in [2.75, 3.05) is 5.32 Å². The van der Waals surface area contributed by atoms with Crippen LogP contribution in [0.1, 0.15) is 23.5 Å². The zero-order valence-corrected chi connectivity index (χ0v) is 11.2. The third-order valence-electron chi connectivity index (χ3n) is 3.57. The Hall–Kier alpha value is -1.80. The number of amides is 1. The minimum Gasteiger partial charge on any atom is -0.325 e. The first-order chi connectivity index (χ1) is 9.25. The summed E-state index contributed by atoms with van der Waals surface area (Å²) in [7, 11) is 0. The van der Waals surface area contributed by atoms with Crippen LogP contribution in [0.4, 0.5) is 5.69 Å². The highest BCUT2D eigenvalue weighted by Crippen LogP contribution is 2.33. The van der Waals surface area contributed by atoms with Crippen molar-refractivity contribution in [1.29, 1.82) is 0 Å². The lowest BCUT2D eigenvalue weighted by Gasteiger charge is -2.14. The first kappa shape index (κ1) is 12.2. The SMILES string of the molecule is O=C1Nc2ccccc2CC[C@@H]1c1ccccc1Cl. The van der Waals surface area contributed by atoms with Crippen LogP contribution in [0.2, 0.25) is 5.02 Å². The smallest absolute Gasteiger partial charge is 0.231 e. The van der Waals surface area contributed by atoms with E-state index in [4.69, 9.17) is 11.6 Å². The molecule has 0 saturated carbocycles. The lowest BCUT2D eigenvalue weighted by molar-refractivity contribution is -0.117. The minimum absolute atomic E-state index is 0.0260. The number of hydrogen-bond acceptors (Lipinski definition) is 1. The molecule has 1 aliphatic heterocycles. The number of benzene rings is 2. The van der Waals surface area contributed by atoms with Crippen LogP contribution in [0.15, 0.2) is 48.5 Å². The van der Waals surface area contributed by atoms with Crippen molar-refractivity contribution in [3.63, 3.8) is 0 Å². The maximum Gasteiger partial charge on any atom is 0.231 e. The molecule has 3 rings (SSSR count). The molecule has 3 heteroatoms. The van der Waals surface area contributed by atoms with E-state index in [0.29, 0.717) is 5.02 Å². The average Bonchev–Trinajstić information content (AvgIpc) is 2.58. The van der Waals surface area contributed by atoms with E-state index in [1.807, 2.05) is 42.5 Å². The van der Waals surface area contributed by atoms with Crippen LogP contribution in [0.25, 0.3) is 0 Å². The van der Waals surface area contributed by atoms with E-state index in [-0.39, 0.29) is 11.8 Å². The Morgan fingerprint density at radius 1 is 1.05 bits per heavy atom. The second-order valence-corrected chi connectivity index (χ2v) is 5.17. The van der Waals surface area contributed by atoms with Gasteiger partial charge in [0.1, 0.15) is 0 Å². The first-order valence-electron chi connectivity index (χ1n) is 6.39. The van der Waals surface area contributed by atoms with Gasteiger partial charge in [0.05, 0.1) is 5.92 Å². The lowest BCUT2D eigenvalue weighted by Crippen LogP contribution is -2.19. The Morgan fingerprint density at radius 3 is 2.63 bits per heavy atom. The van der Waals surface area contributed by atoms with Gasteiger partial charge in [-0.3, -0.25) is 4.79 Å². The minimum atomic E-state index is -0.180. The van der Waals surface area contributed by atoms with Crippen molar-refractivity contribution in [1.82, 2.24) is 0 Å². The maximum absolute atomic E-state index is 12.4. The molecule has 0 saturated heterocycles. The van der Waals surface area contributed by atoms with Crippen LogP contribution in [-0.4, -0.2) is 5.91 Å². The third kappa shape index (κ3) is 2.36. The van der Waals surface area contributed by atoms with E-state index >= 15 is 0 Å². The Morgan fingerprint density at radius 2 is 1.79 bits per heavy atom. The summed E-state index contributed by atoms with van der Waals surface area (Å²) >= 11 is 6.21. The molecule has 0 fully saturated rings. The number of anilines is 1. The zero-order chi connectivity index (χ0) is 13.2. The number of nitrogens with one attached hydrogen (secondary N) is 1. The molecule has 1 aliphatic rings. The number of rotatable bonds is 1. The first-order valence-corrected chi connectivity index (χ1v) is 6.76. The number of carbonyl (C=O) groups excluding carboxylic acids is 1. The molecule has 2 aromatic rings. The molecule has 0 aliphatic carbocycles. The Labute approximate surface area is 117 Å². The van der Waals surface area contributed by atoms with Gasteiger partial charge in [0, 0.05) is 10.7 Å². The normalized spacial score (nSPS) is 18.4. The van der Waals surface area contributed by atoms with Gasteiger partial charge in [-0.1, -0.05) is 48.0 Å². The lowest BCUT2D eigenvalue weighted by atomic mass is 9.93. The summed E-state index contributed by atoms with van der Waals surface area (Å²) in [5.41, 5.74) is 3.02. The molecule has 0 aromatic heterocycles. The van der Waals surface area contributed by atoms with Gasteiger partial charge in [-0.2, -0.15) is 0 Å². The quantitative estimate of drug-likeness (QED) is 0.834. The molecule has 1 atom stereocenters. The number of halogens is 1. The summed E-state index contributed by atoms with van der Waals surface area (Å²) in [4.78, 5) is 12.4. The highest BCUT2D eigenvalue weighted by molar-refractivity contribution is 6.31. The predicted octanol–water partition coefficient (Wildman–Crippen LogP) is 4.01. The second kappa shape index (κ2) is 5.06. The summed E-state index contributed by atoms with van der Waals surface area (Å²) < 4.78 is 0. The third-order valence-corrected chi connectivity index (χ3v) is 3.92. The van der Waals surface area contributed by atoms with Gasteiger partial charge in [0.25, 0.3) is 0 Å². The molecule has 0 spiro atoms. The highest BCUT2D eigenvalue weighted by atomic mass is 35.5. The van der Waals surface area contributed by atoms with E-state index in [1.165, 1.54) is 5.56 Å². The van der Waals surface area contributed by atoms with Crippen molar-refractivity contribution >= 4 is 23.2 Å². The van der Waals surface area contributed by atoms with E-state index in [1.54, 1.807) is 0 Å². The van der Waals surface area contributed by atoms with E-state index in [2.05, 4.69) is 11.4 Å². The van der Waals surface area contributed by atoms with Gasteiger partial charge in [-0.15, -0.1) is 0 Å². The van der Waals surface area contributed by atoms with Gasteiger partial charge >= 0.3 is 0 Å². The van der Waals surface area contributed by atoms with Crippen LogP contribution < -0.4 is 5.32 Å². The number of fused-ring (bicyclic) bond motifs is 1. The van der Waals surface area contributed by atoms with E-state index < -0.39 is 0 Å². The monoisotopic (exact) mass is 271 g/mol. The number of aryl methyl sites for hydroxylation is 1. The molecule has 2 nitrogen and oxygen atoms in total. The van der Waals surface area contributed by atoms with Crippen LogP contribution >= 0.6 is 11.6 Å². The zero-order valence-electron chi connectivity index (χ0n) is 10.4. The van der Waals surface area contributed by atoms with Gasteiger partial charge in [0.15, 0.2) is 0 Å². The fraction of sp³-hybridized carbons (Fsp3) is 0.188. The number of hydrogen-bond donors (Lipinski definition) is 1. The molecule has 1 heterocycles. The van der Waals surface area contributed by atoms with E-state index in [9.17, 15) is 4.79 Å². The topological polar surface area (TPSA) is 29.1 Å². The molecule has 0 radical (unpaired) electrons. The average molecular weight is 272 g/mol. The van der Waals surface area contributed by atoms with Crippen molar-refractivity contribution in [3.8, 4) is 0 Å². The second-order valence-electron chi connectivity index (χ2n) is 4.76. The molecule has 1 N–H and O–H groups in total. The van der Waals surface area contributed by atoms with E-state index in [0.717, 1.165) is 24.1 Å². The summed E-state index contributed by atoms with van der Waals surface area (Å²) in [5.74, 6) is -0.154. The number of carbonyl (C=O) groups is 1. The largest absolute Gasteiger partial charge is 0.325 e. The van der Waals surface area contributed by atoms with Crippen LogP contribution in [0.3, 0.4) is 0 Å². The Balaban J connectivity index is 1.95. The van der Waals surface area contributed by atoms with Crippen LogP contribution in [-0.2, 0) is 11.2 Å². The van der Waals surface area contributed by atoms with Gasteiger partial charge in [0.2, 0.25) is 5.91 Å². The van der Waals surface area contributed by atoms with Crippen molar-refractivity contribution in [3.05, 3.63) is 64.7 Å². The van der Waals surface area contributed by atoms with Gasteiger partial charge in [-0.05, 0) is 36.1 Å². The molecular weight excluding hydrogens is 258 g/mol. The number of para-hydroxylation sites is 1. The molecular formula is C16H14ClNO. The summed E-state index contributed by atoms with van der Waals surface area (Å²) in [5, 5.41) is 3.66. The molecule has 2 aromatic carbocycles.